The van der Waals surface area contributed by atoms with Crippen molar-refractivity contribution in [2.45, 2.75) is 13.0 Å². The number of aryl methyl sites for hydroxylation is 2. The van der Waals surface area contributed by atoms with Crippen LogP contribution in [-0.4, -0.2) is 26.9 Å². The van der Waals surface area contributed by atoms with E-state index in [1.54, 1.807) is 7.11 Å². The topological polar surface area (TPSA) is 67.8 Å². The number of pyridine rings is 1. The first kappa shape index (κ1) is 16.2. The Morgan fingerprint density at radius 1 is 1.23 bits per heavy atom. The van der Waals surface area contributed by atoms with Crippen molar-refractivity contribution in [2.75, 3.05) is 12.4 Å². The summed E-state index contributed by atoms with van der Waals surface area (Å²) in [7, 11) is 3.60. The molecule has 0 amide bonds. The fourth-order valence-electron chi connectivity index (χ4n) is 3.19. The molecule has 26 heavy (non-hydrogen) atoms. The lowest BCUT2D eigenvalue weighted by Crippen LogP contribution is -2.12. The average Bonchev–Trinajstić information content (AvgIpc) is 3.25. The van der Waals surface area contributed by atoms with Gasteiger partial charge in [-0.15, -0.1) is 0 Å². The molecule has 4 rings (SSSR count). The van der Waals surface area contributed by atoms with Gasteiger partial charge in [-0.05, 0) is 37.3 Å². The van der Waals surface area contributed by atoms with Gasteiger partial charge in [0.05, 0.1) is 19.3 Å². The predicted molar refractivity (Wildman–Crippen MR) is 102 cm³/mol. The number of nitrogens with one attached hydrogen (secondary N) is 2. The molecule has 0 aliphatic heterocycles. The van der Waals surface area contributed by atoms with Gasteiger partial charge < -0.3 is 15.0 Å². The molecule has 4 aromatic rings. The van der Waals surface area contributed by atoms with Crippen molar-refractivity contribution in [3.8, 4) is 5.75 Å². The van der Waals surface area contributed by atoms with E-state index >= 15 is 0 Å². The van der Waals surface area contributed by atoms with Crippen LogP contribution in [0, 0.1) is 6.92 Å². The molecule has 0 saturated heterocycles. The molecule has 3 heterocycles. The molecule has 6 heteroatoms. The molecule has 1 aromatic carbocycles. The zero-order valence-electron chi connectivity index (χ0n) is 15.0. The summed E-state index contributed by atoms with van der Waals surface area (Å²) < 4.78 is 7.22. The molecular weight excluding hydrogens is 326 g/mol. The molecule has 2 N–H and O–H groups in total. The number of fused-ring (bicyclic) bond motifs is 1. The minimum absolute atomic E-state index is 0.0844. The van der Waals surface area contributed by atoms with Crippen LogP contribution < -0.4 is 10.1 Å². The normalized spacial score (nSPS) is 12.3. The van der Waals surface area contributed by atoms with Gasteiger partial charge in [0.2, 0.25) is 0 Å². The number of hydrogen-bond acceptors (Lipinski definition) is 4. The highest BCUT2D eigenvalue weighted by Crippen LogP contribution is 2.33. The molecule has 0 bridgehead atoms. The number of H-pyrrole nitrogens is 1. The van der Waals surface area contributed by atoms with Crippen molar-refractivity contribution in [3.05, 3.63) is 71.8 Å². The second kappa shape index (κ2) is 6.55. The number of ether oxygens (including phenoxy) is 1. The highest BCUT2D eigenvalue weighted by Gasteiger charge is 2.20. The maximum atomic E-state index is 5.41. The second-order valence-electron chi connectivity index (χ2n) is 6.34. The van der Waals surface area contributed by atoms with Gasteiger partial charge in [-0.2, -0.15) is 5.10 Å². The Morgan fingerprint density at radius 3 is 2.85 bits per heavy atom. The van der Waals surface area contributed by atoms with E-state index in [1.165, 1.54) is 0 Å². The molecule has 0 radical (unpaired) electrons. The van der Waals surface area contributed by atoms with Gasteiger partial charge in [0, 0.05) is 47.2 Å². The molecule has 3 aromatic heterocycles. The number of aromatic amines is 1. The number of hydrogen-bond donors (Lipinski definition) is 2. The number of methoxy groups -OCH3 is 1. The summed E-state index contributed by atoms with van der Waals surface area (Å²) in [5.74, 6) is 1.66. The van der Waals surface area contributed by atoms with Gasteiger partial charge in [0.1, 0.15) is 11.6 Å². The van der Waals surface area contributed by atoms with E-state index in [4.69, 9.17) is 4.74 Å². The summed E-state index contributed by atoms with van der Waals surface area (Å²) >= 11 is 0. The summed E-state index contributed by atoms with van der Waals surface area (Å²) in [6, 6.07) is 11.9. The standard InChI is InChI=1S/C20H21N5O/c1-13-5-4-6-19(23-13)24-20(14-10-22-25(2)12-14)17-11-21-18-8-7-15(26-3)9-16(17)18/h4-12,20-21H,1-3H3,(H,23,24). The van der Waals surface area contributed by atoms with Crippen molar-refractivity contribution in [1.82, 2.24) is 19.7 Å². The van der Waals surface area contributed by atoms with Crippen LogP contribution >= 0.6 is 0 Å². The molecule has 132 valence electrons. The molecule has 0 fully saturated rings. The fourth-order valence-corrected chi connectivity index (χ4v) is 3.19. The molecule has 0 aliphatic carbocycles. The lowest BCUT2D eigenvalue weighted by atomic mass is 10.0. The van der Waals surface area contributed by atoms with Crippen molar-refractivity contribution in [1.29, 1.82) is 0 Å². The van der Waals surface area contributed by atoms with Crippen LogP contribution in [0.2, 0.25) is 0 Å². The maximum Gasteiger partial charge on any atom is 0.126 e. The molecule has 1 unspecified atom stereocenters. The third-order valence-electron chi connectivity index (χ3n) is 4.47. The van der Waals surface area contributed by atoms with Crippen LogP contribution in [0.25, 0.3) is 10.9 Å². The quantitative estimate of drug-likeness (QED) is 0.576. The summed E-state index contributed by atoms with van der Waals surface area (Å²) in [5, 5.41) is 9.01. The van der Waals surface area contributed by atoms with Crippen molar-refractivity contribution < 1.29 is 4.74 Å². The monoisotopic (exact) mass is 347 g/mol. The third kappa shape index (κ3) is 3.01. The second-order valence-corrected chi connectivity index (χ2v) is 6.34. The van der Waals surface area contributed by atoms with E-state index in [9.17, 15) is 0 Å². The van der Waals surface area contributed by atoms with Gasteiger partial charge in [-0.25, -0.2) is 4.98 Å². The Balaban J connectivity index is 1.82. The van der Waals surface area contributed by atoms with Crippen LogP contribution in [0.5, 0.6) is 5.75 Å². The van der Waals surface area contributed by atoms with Gasteiger partial charge >= 0.3 is 0 Å². The minimum Gasteiger partial charge on any atom is -0.497 e. The Bertz CT molecular complexity index is 1050. The Hall–Kier alpha value is -3.28. The van der Waals surface area contributed by atoms with Crippen molar-refractivity contribution in [2.24, 2.45) is 7.05 Å². The smallest absolute Gasteiger partial charge is 0.126 e. The molecule has 0 spiro atoms. The molecular formula is C20H21N5O. The van der Waals surface area contributed by atoms with E-state index in [1.807, 2.05) is 67.6 Å². The van der Waals surface area contributed by atoms with Crippen LogP contribution in [0.15, 0.2) is 55.0 Å². The van der Waals surface area contributed by atoms with E-state index in [2.05, 4.69) is 26.4 Å². The van der Waals surface area contributed by atoms with Crippen LogP contribution in [0.4, 0.5) is 5.82 Å². The zero-order valence-corrected chi connectivity index (χ0v) is 15.0. The van der Waals surface area contributed by atoms with Gasteiger partial charge in [-0.3, -0.25) is 4.68 Å². The SMILES string of the molecule is COc1ccc2[nH]cc(C(Nc3cccc(C)n3)c3cnn(C)c3)c2c1. The largest absolute Gasteiger partial charge is 0.497 e. The summed E-state index contributed by atoms with van der Waals surface area (Å²) in [4.78, 5) is 7.95. The molecule has 0 aliphatic rings. The highest BCUT2D eigenvalue weighted by molar-refractivity contribution is 5.86. The number of aromatic nitrogens is 4. The third-order valence-corrected chi connectivity index (χ3v) is 4.47. The number of benzene rings is 1. The minimum atomic E-state index is -0.0844. The van der Waals surface area contributed by atoms with Crippen LogP contribution in [-0.2, 0) is 7.05 Å². The molecule has 6 nitrogen and oxygen atoms in total. The van der Waals surface area contributed by atoms with Crippen molar-refractivity contribution >= 4 is 16.7 Å². The number of rotatable bonds is 5. The maximum absolute atomic E-state index is 5.41. The van der Waals surface area contributed by atoms with Crippen LogP contribution in [0.1, 0.15) is 22.9 Å². The Morgan fingerprint density at radius 2 is 2.12 bits per heavy atom. The van der Waals surface area contributed by atoms with Crippen molar-refractivity contribution in [3.63, 3.8) is 0 Å². The summed E-state index contributed by atoms with van der Waals surface area (Å²) in [5.41, 5.74) is 4.23. The lowest BCUT2D eigenvalue weighted by molar-refractivity contribution is 0.415. The summed E-state index contributed by atoms with van der Waals surface area (Å²) in [6.45, 7) is 1.99. The number of anilines is 1. The zero-order chi connectivity index (χ0) is 18.1. The Kier molecular flexibility index (Phi) is 4.08. The fraction of sp³-hybridized carbons (Fsp3) is 0.200. The average molecular weight is 347 g/mol. The number of nitrogens with zero attached hydrogens (tertiary/aromatic N) is 3. The van der Waals surface area contributed by atoms with Gasteiger partial charge in [0.15, 0.2) is 0 Å². The highest BCUT2D eigenvalue weighted by atomic mass is 16.5. The van der Waals surface area contributed by atoms with E-state index in [0.717, 1.165) is 39.3 Å². The first-order valence-corrected chi connectivity index (χ1v) is 8.48. The molecule has 1 atom stereocenters. The van der Waals surface area contributed by atoms with E-state index < -0.39 is 0 Å². The predicted octanol–water partition coefficient (Wildman–Crippen LogP) is 3.81. The first-order valence-electron chi connectivity index (χ1n) is 8.48. The lowest BCUT2D eigenvalue weighted by Gasteiger charge is -2.18. The van der Waals surface area contributed by atoms with E-state index in [-0.39, 0.29) is 6.04 Å². The van der Waals surface area contributed by atoms with Gasteiger partial charge in [0.25, 0.3) is 0 Å². The van der Waals surface area contributed by atoms with E-state index in [0.29, 0.717) is 0 Å². The van der Waals surface area contributed by atoms with Gasteiger partial charge in [-0.1, -0.05) is 6.07 Å². The summed E-state index contributed by atoms with van der Waals surface area (Å²) in [6.07, 6.45) is 5.93. The molecule has 0 saturated carbocycles. The Labute approximate surface area is 151 Å². The first-order chi connectivity index (χ1) is 12.6. The van der Waals surface area contributed by atoms with Crippen LogP contribution in [0.3, 0.4) is 0 Å².